The van der Waals surface area contributed by atoms with Gasteiger partial charge < -0.3 is 14.8 Å². The van der Waals surface area contributed by atoms with Crippen LogP contribution >= 0.6 is 11.6 Å². The van der Waals surface area contributed by atoms with Crippen LogP contribution in [0.25, 0.3) is 0 Å². The van der Waals surface area contributed by atoms with Crippen molar-refractivity contribution in [2.75, 3.05) is 25.6 Å². The molecule has 2 rings (SSSR count). The summed E-state index contributed by atoms with van der Waals surface area (Å²) in [5, 5.41) is 4.00. The Morgan fingerprint density at radius 2 is 2.26 bits per heavy atom. The van der Waals surface area contributed by atoms with Crippen molar-refractivity contribution in [3.63, 3.8) is 0 Å². The van der Waals surface area contributed by atoms with Crippen LogP contribution in [-0.4, -0.2) is 32.3 Å². The number of benzene rings is 1. The lowest BCUT2D eigenvalue weighted by atomic mass is 10.1. The van der Waals surface area contributed by atoms with Gasteiger partial charge in [0.25, 0.3) is 0 Å². The third kappa shape index (κ3) is 3.85. The number of hydrogen-bond donors (Lipinski definition) is 1. The molecule has 0 aromatic heterocycles. The molecule has 0 amide bonds. The number of esters is 1. The lowest BCUT2D eigenvalue weighted by molar-refractivity contribution is 0.0601. The lowest BCUT2D eigenvalue weighted by Gasteiger charge is -2.18. The van der Waals surface area contributed by atoms with Gasteiger partial charge in [0.05, 0.1) is 23.4 Å². The van der Waals surface area contributed by atoms with E-state index in [4.69, 9.17) is 21.1 Å². The summed E-state index contributed by atoms with van der Waals surface area (Å²) >= 11 is 6.16. The maximum atomic E-state index is 11.5. The van der Waals surface area contributed by atoms with Crippen LogP contribution in [0.3, 0.4) is 0 Å². The van der Waals surface area contributed by atoms with Crippen LogP contribution in [0.15, 0.2) is 18.2 Å². The number of methoxy groups -OCH3 is 1. The molecule has 0 aliphatic carbocycles. The molecular weight excluding hydrogens is 266 g/mol. The molecule has 0 spiro atoms. The topological polar surface area (TPSA) is 47.6 Å². The first kappa shape index (κ1) is 14.2. The van der Waals surface area contributed by atoms with Crippen LogP contribution in [0.2, 0.25) is 5.02 Å². The van der Waals surface area contributed by atoms with Crippen molar-refractivity contribution in [3.05, 3.63) is 28.8 Å². The van der Waals surface area contributed by atoms with Gasteiger partial charge in [-0.2, -0.15) is 0 Å². The molecule has 1 aliphatic heterocycles. The Balaban J connectivity index is 2.11. The number of rotatable bonds is 3. The van der Waals surface area contributed by atoms with Gasteiger partial charge in [-0.3, -0.25) is 0 Å². The summed E-state index contributed by atoms with van der Waals surface area (Å²) in [5.74, 6) is -0.357. The summed E-state index contributed by atoms with van der Waals surface area (Å²) < 4.78 is 10.1. The number of nitrogens with one attached hydrogen (secondary N) is 1. The van der Waals surface area contributed by atoms with Crippen molar-refractivity contribution >= 4 is 23.3 Å². The number of ether oxygens (including phenoxy) is 2. The predicted molar refractivity (Wildman–Crippen MR) is 74.9 cm³/mol. The molecule has 1 unspecified atom stereocenters. The van der Waals surface area contributed by atoms with E-state index in [0.717, 1.165) is 38.2 Å². The van der Waals surface area contributed by atoms with Gasteiger partial charge in [0, 0.05) is 19.3 Å². The highest BCUT2D eigenvalue weighted by Crippen LogP contribution is 2.26. The Bertz CT molecular complexity index is 442. The van der Waals surface area contributed by atoms with E-state index in [1.807, 2.05) is 0 Å². The average molecular weight is 284 g/mol. The van der Waals surface area contributed by atoms with E-state index in [1.54, 1.807) is 18.2 Å². The Kier molecular flexibility index (Phi) is 5.05. The van der Waals surface area contributed by atoms with E-state index in [1.165, 1.54) is 7.11 Å². The van der Waals surface area contributed by atoms with Crippen LogP contribution in [0.4, 0.5) is 5.69 Å². The smallest absolute Gasteiger partial charge is 0.337 e. The summed E-state index contributed by atoms with van der Waals surface area (Å²) in [6, 6.07) is 5.44. The van der Waals surface area contributed by atoms with Crippen LogP contribution in [0.1, 0.15) is 29.6 Å². The molecular formula is C14H18ClNO3. The second-order valence-corrected chi connectivity index (χ2v) is 4.98. The molecule has 0 radical (unpaired) electrons. The highest BCUT2D eigenvalue weighted by molar-refractivity contribution is 6.33. The molecule has 0 bridgehead atoms. The number of anilines is 1. The first-order valence-electron chi connectivity index (χ1n) is 6.43. The maximum absolute atomic E-state index is 11.5. The van der Waals surface area contributed by atoms with Crippen LogP contribution in [0, 0.1) is 0 Å². The van der Waals surface area contributed by atoms with Gasteiger partial charge in [0.1, 0.15) is 0 Å². The molecule has 5 heteroatoms. The zero-order valence-electron chi connectivity index (χ0n) is 10.9. The monoisotopic (exact) mass is 283 g/mol. The summed E-state index contributed by atoms with van der Waals surface area (Å²) in [7, 11) is 1.37. The number of halogens is 1. The summed E-state index contributed by atoms with van der Waals surface area (Å²) in [5.41, 5.74) is 1.27. The van der Waals surface area contributed by atoms with Crippen molar-refractivity contribution in [2.45, 2.75) is 25.3 Å². The van der Waals surface area contributed by atoms with E-state index in [2.05, 4.69) is 5.32 Å². The van der Waals surface area contributed by atoms with Crippen molar-refractivity contribution in [2.24, 2.45) is 0 Å². The number of carbonyl (C=O) groups is 1. The summed E-state index contributed by atoms with van der Waals surface area (Å²) in [6.45, 7) is 1.57. The van der Waals surface area contributed by atoms with Gasteiger partial charge >= 0.3 is 5.97 Å². The highest BCUT2D eigenvalue weighted by Gasteiger charge is 2.15. The predicted octanol–water partition coefficient (Wildman–Crippen LogP) is 3.11. The first-order chi connectivity index (χ1) is 9.20. The Hall–Kier alpha value is -1.26. The number of hydrogen-bond acceptors (Lipinski definition) is 4. The minimum Gasteiger partial charge on any atom is -0.465 e. The zero-order chi connectivity index (χ0) is 13.7. The van der Waals surface area contributed by atoms with Gasteiger partial charge in [-0.05, 0) is 37.5 Å². The van der Waals surface area contributed by atoms with Crippen molar-refractivity contribution < 1.29 is 14.3 Å². The first-order valence-corrected chi connectivity index (χ1v) is 6.80. The van der Waals surface area contributed by atoms with Gasteiger partial charge in [0.15, 0.2) is 0 Å². The van der Waals surface area contributed by atoms with Crippen LogP contribution < -0.4 is 5.32 Å². The van der Waals surface area contributed by atoms with E-state index < -0.39 is 0 Å². The maximum Gasteiger partial charge on any atom is 0.337 e. The molecule has 4 nitrogen and oxygen atoms in total. The van der Waals surface area contributed by atoms with Gasteiger partial charge in [-0.15, -0.1) is 0 Å². The largest absolute Gasteiger partial charge is 0.465 e. The fourth-order valence-corrected chi connectivity index (χ4v) is 2.32. The van der Waals surface area contributed by atoms with E-state index in [9.17, 15) is 4.79 Å². The molecule has 1 heterocycles. The third-order valence-electron chi connectivity index (χ3n) is 3.20. The molecule has 1 atom stereocenters. The van der Waals surface area contributed by atoms with Crippen LogP contribution in [0.5, 0.6) is 0 Å². The van der Waals surface area contributed by atoms with Crippen LogP contribution in [-0.2, 0) is 9.47 Å². The molecule has 1 aromatic carbocycles. The molecule has 1 aliphatic rings. The Morgan fingerprint density at radius 3 is 3.05 bits per heavy atom. The fraction of sp³-hybridized carbons (Fsp3) is 0.500. The second-order valence-electron chi connectivity index (χ2n) is 4.57. The summed E-state index contributed by atoms with van der Waals surface area (Å²) in [4.78, 5) is 11.5. The molecule has 1 saturated heterocycles. The fourth-order valence-electron chi connectivity index (χ4n) is 2.15. The van der Waals surface area contributed by atoms with E-state index in [0.29, 0.717) is 16.6 Å². The molecule has 19 heavy (non-hydrogen) atoms. The minimum atomic E-state index is -0.357. The Labute approximate surface area is 118 Å². The molecule has 0 saturated carbocycles. The quantitative estimate of drug-likeness (QED) is 0.866. The molecule has 1 N–H and O–H groups in total. The van der Waals surface area contributed by atoms with Crippen molar-refractivity contribution in [1.29, 1.82) is 0 Å². The van der Waals surface area contributed by atoms with E-state index in [-0.39, 0.29) is 5.97 Å². The highest BCUT2D eigenvalue weighted by atomic mass is 35.5. The van der Waals surface area contributed by atoms with Crippen molar-refractivity contribution in [3.8, 4) is 0 Å². The Morgan fingerprint density at radius 1 is 1.42 bits per heavy atom. The second kappa shape index (κ2) is 6.78. The molecule has 104 valence electrons. The number of carbonyl (C=O) groups excluding carboxylic acids is 1. The third-order valence-corrected chi connectivity index (χ3v) is 3.53. The van der Waals surface area contributed by atoms with Gasteiger partial charge in [-0.1, -0.05) is 11.6 Å². The SMILES string of the molecule is COC(=O)c1ccc(Cl)c(NC2CCCOCC2)c1. The molecule has 1 fully saturated rings. The normalized spacial score (nSPS) is 19.6. The summed E-state index contributed by atoms with van der Waals surface area (Å²) in [6.07, 6.45) is 3.02. The standard InChI is InChI=1S/C14H18ClNO3/c1-18-14(17)10-4-5-12(15)13(9-10)16-11-3-2-7-19-8-6-11/h4-5,9,11,16H,2-3,6-8H2,1H3. The average Bonchev–Trinajstić information content (AvgIpc) is 2.69. The molecule has 1 aromatic rings. The van der Waals surface area contributed by atoms with Crippen molar-refractivity contribution in [1.82, 2.24) is 0 Å². The lowest BCUT2D eigenvalue weighted by Crippen LogP contribution is -2.20. The van der Waals surface area contributed by atoms with Gasteiger partial charge in [0.2, 0.25) is 0 Å². The van der Waals surface area contributed by atoms with E-state index >= 15 is 0 Å². The van der Waals surface area contributed by atoms with Gasteiger partial charge in [-0.25, -0.2) is 4.79 Å². The minimum absolute atomic E-state index is 0.327. The zero-order valence-corrected chi connectivity index (χ0v) is 11.7.